The van der Waals surface area contributed by atoms with Gasteiger partial charge in [0.2, 0.25) is 5.91 Å². The topological polar surface area (TPSA) is 61.9 Å². The monoisotopic (exact) mass is 359 g/mol. The van der Waals surface area contributed by atoms with Crippen molar-refractivity contribution in [3.63, 3.8) is 0 Å². The zero-order valence-electron chi connectivity index (χ0n) is 15.9. The van der Waals surface area contributed by atoms with Crippen molar-refractivity contribution < 1.29 is 14.3 Å². The van der Waals surface area contributed by atoms with Crippen LogP contribution < -0.4 is 5.32 Å². The van der Waals surface area contributed by atoms with Crippen molar-refractivity contribution in [2.45, 2.75) is 64.3 Å². The Bertz CT molecular complexity index is 636. The lowest BCUT2D eigenvalue weighted by atomic mass is 9.88. The molecular weight excluding hydrogens is 330 g/mol. The third kappa shape index (κ3) is 4.55. The molecule has 6 heteroatoms. The van der Waals surface area contributed by atoms with Gasteiger partial charge in [-0.25, -0.2) is 4.79 Å². The van der Waals surface area contributed by atoms with Crippen LogP contribution in [-0.2, 0) is 16.1 Å². The molecule has 0 saturated heterocycles. The Morgan fingerprint density at radius 3 is 2.35 bits per heavy atom. The van der Waals surface area contributed by atoms with Crippen molar-refractivity contribution in [2.75, 3.05) is 19.0 Å². The van der Waals surface area contributed by atoms with Crippen LogP contribution in [0.5, 0.6) is 0 Å². The highest BCUT2D eigenvalue weighted by Crippen LogP contribution is 2.29. The fraction of sp³-hybridized carbons (Fsp3) is 0.600. The molecule has 0 spiro atoms. The Hall–Kier alpha value is -2.08. The molecule has 0 heterocycles. The van der Waals surface area contributed by atoms with E-state index in [2.05, 4.69) is 5.32 Å². The van der Waals surface area contributed by atoms with Crippen LogP contribution in [0.15, 0.2) is 24.3 Å². The summed E-state index contributed by atoms with van der Waals surface area (Å²) in [6.45, 7) is 4.98. The van der Waals surface area contributed by atoms with E-state index in [0.717, 1.165) is 43.5 Å². The molecule has 142 valence electrons. The SMILES string of the molecule is CCOC1CC(N(C)C(=O)Nc2ccc(CN(C(C)=O)C3CC3)cc2)C1. The Morgan fingerprint density at radius 1 is 1.15 bits per heavy atom. The van der Waals surface area contributed by atoms with Gasteiger partial charge >= 0.3 is 6.03 Å². The van der Waals surface area contributed by atoms with Gasteiger partial charge in [0, 0.05) is 44.9 Å². The van der Waals surface area contributed by atoms with Crippen molar-refractivity contribution in [3.05, 3.63) is 29.8 Å². The summed E-state index contributed by atoms with van der Waals surface area (Å²) < 4.78 is 5.55. The first-order valence-electron chi connectivity index (χ1n) is 9.49. The van der Waals surface area contributed by atoms with Crippen molar-refractivity contribution in [1.82, 2.24) is 9.80 Å². The summed E-state index contributed by atoms with van der Waals surface area (Å²) in [6, 6.07) is 8.30. The standard InChI is InChI=1S/C20H29N3O3/c1-4-26-19-11-18(12-19)22(3)20(25)21-16-7-5-15(6-8-16)13-23(14(2)24)17-9-10-17/h5-8,17-19H,4,9-13H2,1-3H3,(H,21,25). The molecule has 3 amide bonds. The highest BCUT2D eigenvalue weighted by atomic mass is 16.5. The number of rotatable bonds is 7. The second kappa shape index (κ2) is 8.08. The van der Waals surface area contributed by atoms with Gasteiger partial charge in [-0.05, 0) is 50.3 Å². The van der Waals surface area contributed by atoms with Gasteiger partial charge in [0.15, 0.2) is 0 Å². The molecule has 1 aromatic carbocycles. The number of ether oxygens (including phenoxy) is 1. The summed E-state index contributed by atoms with van der Waals surface area (Å²) in [6.07, 6.45) is 4.30. The Morgan fingerprint density at radius 2 is 1.81 bits per heavy atom. The highest BCUT2D eigenvalue weighted by Gasteiger charge is 2.34. The predicted molar refractivity (Wildman–Crippen MR) is 101 cm³/mol. The van der Waals surface area contributed by atoms with Crippen LogP contribution >= 0.6 is 0 Å². The van der Waals surface area contributed by atoms with E-state index in [1.807, 2.05) is 43.1 Å². The maximum Gasteiger partial charge on any atom is 0.321 e. The Balaban J connectivity index is 1.49. The number of nitrogens with one attached hydrogen (secondary N) is 1. The number of anilines is 1. The third-order valence-corrected chi connectivity index (χ3v) is 5.29. The fourth-order valence-corrected chi connectivity index (χ4v) is 3.38. The first-order chi connectivity index (χ1) is 12.5. The predicted octanol–water partition coefficient (Wildman–Crippen LogP) is 3.23. The van der Waals surface area contributed by atoms with E-state index in [1.54, 1.807) is 11.8 Å². The lowest BCUT2D eigenvalue weighted by Gasteiger charge is -2.40. The first-order valence-corrected chi connectivity index (χ1v) is 9.49. The molecule has 2 fully saturated rings. The Labute approximate surface area is 155 Å². The van der Waals surface area contributed by atoms with Gasteiger partial charge in [-0.2, -0.15) is 0 Å². The van der Waals surface area contributed by atoms with Gasteiger partial charge in [0.25, 0.3) is 0 Å². The highest BCUT2D eigenvalue weighted by molar-refractivity contribution is 5.89. The van der Waals surface area contributed by atoms with Crippen molar-refractivity contribution in [3.8, 4) is 0 Å². The number of amides is 3. The smallest absolute Gasteiger partial charge is 0.321 e. The van der Waals surface area contributed by atoms with Crippen molar-refractivity contribution >= 4 is 17.6 Å². The second-order valence-electron chi connectivity index (χ2n) is 7.32. The summed E-state index contributed by atoms with van der Waals surface area (Å²) in [7, 11) is 1.83. The number of urea groups is 1. The van der Waals surface area contributed by atoms with Gasteiger partial charge in [-0.3, -0.25) is 4.79 Å². The van der Waals surface area contributed by atoms with Crippen LogP contribution in [0, 0.1) is 0 Å². The maximum atomic E-state index is 12.4. The van der Waals surface area contributed by atoms with E-state index >= 15 is 0 Å². The molecule has 0 atom stereocenters. The first kappa shape index (κ1) is 18.7. The molecule has 3 rings (SSSR count). The second-order valence-corrected chi connectivity index (χ2v) is 7.32. The number of nitrogens with zero attached hydrogens (tertiary/aromatic N) is 2. The molecule has 1 N–H and O–H groups in total. The van der Waals surface area contributed by atoms with Crippen LogP contribution in [0.1, 0.15) is 45.1 Å². The van der Waals surface area contributed by atoms with Crippen molar-refractivity contribution in [1.29, 1.82) is 0 Å². The summed E-state index contributed by atoms with van der Waals surface area (Å²) in [5, 5.41) is 2.94. The molecule has 0 bridgehead atoms. The third-order valence-electron chi connectivity index (χ3n) is 5.29. The van der Waals surface area contributed by atoms with Gasteiger partial charge in [-0.15, -0.1) is 0 Å². The number of carbonyl (C=O) groups is 2. The van der Waals surface area contributed by atoms with E-state index in [1.165, 1.54) is 0 Å². The molecular formula is C20H29N3O3. The minimum absolute atomic E-state index is 0.0963. The normalized spacial score (nSPS) is 21.7. The minimum Gasteiger partial charge on any atom is -0.378 e. The summed E-state index contributed by atoms with van der Waals surface area (Å²) in [4.78, 5) is 27.8. The minimum atomic E-state index is -0.0963. The molecule has 0 radical (unpaired) electrons. The molecule has 2 saturated carbocycles. The van der Waals surface area contributed by atoms with Gasteiger partial charge in [0.1, 0.15) is 0 Å². The van der Waals surface area contributed by atoms with E-state index in [0.29, 0.717) is 12.6 Å². The van der Waals surface area contributed by atoms with Gasteiger partial charge < -0.3 is 19.9 Å². The lowest BCUT2D eigenvalue weighted by molar-refractivity contribution is -0.130. The fourth-order valence-electron chi connectivity index (χ4n) is 3.38. The molecule has 6 nitrogen and oxygen atoms in total. The molecule has 2 aliphatic carbocycles. The molecule has 0 unspecified atom stereocenters. The quantitative estimate of drug-likeness (QED) is 0.813. The zero-order chi connectivity index (χ0) is 18.7. The van der Waals surface area contributed by atoms with E-state index < -0.39 is 0 Å². The van der Waals surface area contributed by atoms with Crippen LogP contribution in [0.3, 0.4) is 0 Å². The van der Waals surface area contributed by atoms with Gasteiger partial charge in [-0.1, -0.05) is 12.1 Å². The molecule has 1 aromatic rings. The van der Waals surface area contributed by atoms with Gasteiger partial charge in [0.05, 0.1) is 6.10 Å². The van der Waals surface area contributed by atoms with Crippen LogP contribution in [-0.4, -0.2) is 53.6 Å². The zero-order valence-corrected chi connectivity index (χ0v) is 15.9. The summed E-state index contributed by atoms with van der Waals surface area (Å²) in [5.74, 6) is 0.123. The van der Waals surface area contributed by atoms with E-state index in [-0.39, 0.29) is 24.1 Å². The lowest BCUT2D eigenvalue weighted by Crippen LogP contribution is -2.50. The molecule has 2 aliphatic rings. The Kier molecular flexibility index (Phi) is 5.81. The number of carbonyl (C=O) groups excluding carboxylic acids is 2. The average molecular weight is 359 g/mol. The van der Waals surface area contributed by atoms with E-state index in [9.17, 15) is 9.59 Å². The average Bonchev–Trinajstić information content (AvgIpc) is 3.41. The molecule has 0 aromatic heterocycles. The largest absolute Gasteiger partial charge is 0.378 e. The van der Waals surface area contributed by atoms with Crippen molar-refractivity contribution in [2.24, 2.45) is 0 Å². The molecule has 0 aliphatic heterocycles. The summed E-state index contributed by atoms with van der Waals surface area (Å²) in [5.41, 5.74) is 1.85. The van der Waals surface area contributed by atoms with Crippen LogP contribution in [0.25, 0.3) is 0 Å². The summed E-state index contributed by atoms with van der Waals surface area (Å²) >= 11 is 0. The molecule has 26 heavy (non-hydrogen) atoms. The van der Waals surface area contributed by atoms with Crippen LogP contribution in [0.4, 0.5) is 10.5 Å². The number of hydrogen-bond donors (Lipinski definition) is 1. The number of benzene rings is 1. The van der Waals surface area contributed by atoms with E-state index in [4.69, 9.17) is 4.74 Å². The van der Waals surface area contributed by atoms with Crippen LogP contribution in [0.2, 0.25) is 0 Å². The number of hydrogen-bond acceptors (Lipinski definition) is 3. The maximum absolute atomic E-state index is 12.4.